The van der Waals surface area contributed by atoms with E-state index in [1.54, 1.807) is 13.8 Å². The SMILES string of the molecule is CCOC(=O)/C(=C(\C)O)C(C(C)=O)C(=O)OCC. The van der Waals surface area contributed by atoms with Gasteiger partial charge in [0.1, 0.15) is 11.5 Å². The van der Waals surface area contributed by atoms with E-state index in [2.05, 4.69) is 0 Å². The second-order valence-corrected chi connectivity index (χ2v) is 3.52. The van der Waals surface area contributed by atoms with E-state index in [1.807, 2.05) is 0 Å². The van der Waals surface area contributed by atoms with Crippen LogP contribution in [0.3, 0.4) is 0 Å². The van der Waals surface area contributed by atoms with E-state index in [1.165, 1.54) is 6.92 Å². The summed E-state index contributed by atoms with van der Waals surface area (Å²) in [4.78, 5) is 34.7. The number of ether oxygens (including phenoxy) is 2. The van der Waals surface area contributed by atoms with Gasteiger partial charge in [-0.05, 0) is 27.7 Å². The molecule has 1 unspecified atom stereocenters. The van der Waals surface area contributed by atoms with Crippen LogP contribution in [0.2, 0.25) is 0 Å². The standard InChI is InChI=1S/C12H18O6/c1-5-17-11(15)9(7(3)13)10(8(4)14)12(16)18-6-2/h9,14H,5-6H2,1-4H3/b10-8+. The summed E-state index contributed by atoms with van der Waals surface area (Å²) in [6, 6.07) is 0. The molecule has 1 N–H and O–H groups in total. The van der Waals surface area contributed by atoms with Crippen molar-refractivity contribution in [2.24, 2.45) is 5.92 Å². The molecule has 0 aliphatic rings. The largest absolute Gasteiger partial charge is 0.512 e. The van der Waals surface area contributed by atoms with Crippen molar-refractivity contribution in [3.63, 3.8) is 0 Å². The number of Topliss-reactive ketones (excluding diaryl/α,β-unsaturated/α-hetero) is 1. The molecule has 0 aromatic carbocycles. The lowest BCUT2D eigenvalue weighted by atomic mass is 9.94. The van der Waals surface area contributed by atoms with Gasteiger partial charge in [0.25, 0.3) is 0 Å². The number of rotatable bonds is 6. The minimum Gasteiger partial charge on any atom is -0.512 e. The minimum atomic E-state index is -1.45. The Labute approximate surface area is 106 Å². The molecule has 6 nitrogen and oxygen atoms in total. The molecule has 18 heavy (non-hydrogen) atoms. The van der Waals surface area contributed by atoms with Crippen LogP contribution in [0, 0.1) is 5.92 Å². The van der Waals surface area contributed by atoms with Gasteiger partial charge in [-0.1, -0.05) is 0 Å². The van der Waals surface area contributed by atoms with Gasteiger partial charge in [0.05, 0.1) is 18.8 Å². The highest BCUT2D eigenvalue weighted by atomic mass is 16.5. The van der Waals surface area contributed by atoms with E-state index in [0.717, 1.165) is 6.92 Å². The van der Waals surface area contributed by atoms with Crippen LogP contribution < -0.4 is 0 Å². The molecule has 0 aromatic rings. The highest BCUT2D eigenvalue weighted by Gasteiger charge is 2.35. The van der Waals surface area contributed by atoms with Gasteiger partial charge in [0.15, 0.2) is 5.92 Å². The van der Waals surface area contributed by atoms with E-state index < -0.39 is 29.4 Å². The second kappa shape index (κ2) is 7.47. The summed E-state index contributed by atoms with van der Waals surface area (Å²) in [5.74, 6) is -4.24. The van der Waals surface area contributed by atoms with Gasteiger partial charge in [-0.25, -0.2) is 4.79 Å². The van der Waals surface area contributed by atoms with Crippen LogP contribution in [-0.2, 0) is 23.9 Å². The van der Waals surface area contributed by atoms with Crippen molar-refractivity contribution in [2.45, 2.75) is 27.7 Å². The van der Waals surface area contributed by atoms with Crippen molar-refractivity contribution >= 4 is 17.7 Å². The van der Waals surface area contributed by atoms with Crippen LogP contribution in [0.5, 0.6) is 0 Å². The molecule has 0 heterocycles. The highest BCUT2D eigenvalue weighted by molar-refractivity contribution is 6.09. The van der Waals surface area contributed by atoms with Gasteiger partial charge in [0, 0.05) is 0 Å². The van der Waals surface area contributed by atoms with Crippen molar-refractivity contribution < 1.29 is 29.0 Å². The third kappa shape index (κ3) is 4.20. The second-order valence-electron chi connectivity index (χ2n) is 3.52. The Balaban J connectivity index is 5.41. The zero-order valence-corrected chi connectivity index (χ0v) is 11.0. The van der Waals surface area contributed by atoms with Crippen LogP contribution in [0.1, 0.15) is 27.7 Å². The van der Waals surface area contributed by atoms with Gasteiger partial charge in [-0.3, -0.25) is 9.59 Å². The fraction of sp³-hybridized carbons (Fsp3) is 0.583. The third-order valence-corrected chi connectivity index (χ3v) is 2.10. The maximum Gasteiger partial charge on any atom is 0.338 e. The predicted molar refractivity (Wildman–Crippen MR) is 62.8 cm³/mol. The molecule has 0 rings (SSSR count). The van der Waals surface area contributed by atoms with Crippen LogP contribution in [0.4, 0.5) is 0 Å². The smallest absolute Gasteiger partial charge is 0.338 e. The molecule has 0 amide bonds. The van der Waals surface area contributed by atoms with Crippen LogP contribution in [-0.4, -0.2) is 36.0 Å². The molecule has 0 saturated heterocycles. The van der Waals surface area contributed by atoms with E-state index >= 15 is 0 Å². The maximum absolute atomic E-state index is 11.6. The first-order valence-electron chi connectivity index (χ1n) is 5.60. The molecule has 0 aliphatic carbocycles. The molecule has 1 atom stereocenters. The Hall–Kier alpha value is -1.85. The summed E-state index contributed by atoms with van der Waals surface area (Å²) in [6.07, 6.45) is 0. The number of aliphatic hydroxyl groups is 1. The molecule has 0 aromatic heterocycles. The van der Waals surface area contributed by atoms with Crippen molar-refractivity contribution in [1.82, 2.24) is 0 Å². The number of allylic oxidation sites excluding steroid dienone is 1. The van der Waals surface area contributed by atoms with Crippen molar-refractivity contribution in [1.29, 1.82) is 0 Å². The lowest BCUT2D eigenvalue weighted by Gasteiger charge is -2.16. The number of aliphatic hydroxyl groups excluding tert-OH is 1. The Kier molecular flexibility index (Phi) is 6.70. The van der Waals surface area contributed by atoms with Gasteiger partial charge in [-0.15, -0.1) is 0 Å². The van der Waals surface area contributed by atoms with E-state index in [-0.39, 0.29) is 18.8 Å². The first kappa shape index (κ1) is 16.1. The third-order valence-electron chi connectivity index (χ3n) is 2.10. The Morgan fingerprint density at radius 1 is 1.06 bits per heavy atom. The molecule has 6 heteroatoms. The van der Waals surface area contributed by atoms with Gasteiger partial charge in [-0.2, -0.15) is 0 Å². The quantitative estimate of drug-likeness (QED) is 0.332. The number of carbonyl (C=O) groups is 3. The van der Waals surface area contributed by atoms with E-state index in [4.69, 9.17) is 9.47 Å². The number of hydrogen-bond donors (Lipinski definition) is 1. The Morgan fingerprint density at radius 3 is 1.89 bits per heavy atom. The van der Waals surface area contributed by atoms with Crippen LogP contribution in [0.15, 0.2) is 11.3 Å². The summed E-state index contributed by atoms with van der Waals surface area (Å²) >= 11 is 0. The molecule has 102 valence electrons. The maximum atomic E-state index is 11.6. The molecular formula is C12H18O6. The van der Waals surface area contributed by atoms with E-state index in [9.17, 15) is 19.5 Å². The number of esters is 2. The van der Waals surface area contributed by atoms with Gasteiger partial charge < -0.3 is 14.6 Å². The summed E-state index contributed by atoms with van der Waals surface area (Å²) in [7, 11) is 0. The van der Waals surface area contributed by atoms with Gasteiger partial charge in [0.2, 0.25) is 0 Å². The Morgan fingerprint density at radius 2 is 1.56 bits per heavy atom. The van der Waals surface area contributed by atoms with Crippen LogP contribution in [0.25, 0.3) is 0 Å². The summed E-state index contributed by atoms with van der Waals surface area (Å²) in [6.45, 7) is 5.65. The average molecular weight is 258 g/mol. The van der Waals surface area contributed by atoms with Crippen LogP contribution >= 0.6 is 0 Å². The minimum absolute atomic E-state index is 0.0725. The lowest BCUT2D eigenvalue weighted by molar-refractivity contribution is -0.153. The first-order chi connectivity index (χ1) is 8.36. The fourth-order valence-electron chi connectivity index (χ4n) is 1.40. The zero-order chi connectivity index (χ0) is 14.3. The van der Waals surface area contributed by atoms with Gasteiger partial charge >= 0.3 is 11.9 Å². The van der Waals surface area contributed by atoms with Crippen molar-refractivity contribution in [3.05, 3.63) is 11.3 Å². The monoisotopic (exact) mass is 258 g/mol. The molecule has 0 saturated carbocycles. The lowest BCUT2D eigenvalue weighted by Crippen LogP contribution is -2.31. The topological polar surface area (TPSA) is 89.9 Å². The zero-order valence-electron chi connectivity index (χ0n) is 11.0. The summed E-state index contributed by atoms with van der Waals surface area (Å²) in [5, 5.41) is 9.46. The molecule has 0 aliphatic heterocycles. The molecule has 0 bridgehead atoms. The molecule has 0 spiro atoms. The first-order valence-corrected chi connectivity index (χ1v) is 5.60. The number of hydrogen-bond acceptors (Lipinski definition) is 6. The average Bonchev–Trinajstić information content (AvgIpc) is 2.24. The fourth-order valence-corrected chi connectivity index (χ4v) is 1.40. The van der Waals surface area contributed by atoms with E-state index in [0.29, 0.717) is 0 Å². The van der Waals surface area contributed by atoms with Crippen molar-refractivity contribution in [2.75, 3.05) is 13.2 Å². The summed E-state index contributed by atoms with van der Waals surface area (Å²) < 4.78 is 9.42. The number of carbonyl (C=O) groups excluding carboxylic acids is 3. The normalized spacial score (nSPS) is 13.3. The summed E-state index contributed by atoms with van der Waals surface area (Å²) in [5.41, 5.74) is -0.372. The highest BCUT2D eigenvalue weighted by Crippen LogP contribution is 2.19. The molecule has 0 radical (unpaired) electrons. The molecular weight excluding hydrogens is 240 g/mol. The Bertz CT molecular complexity index is 365. The number of ketones is 1. The predicted octanol–water partition coefficient (Wildman–Crippen LogP) is 1.15. The van der Waals surface area contributed by atoms with Crippen molar-refractivity contribution in [3.8, 4) is 0 Å². The molecule has 0 fully saturated rings.